The molecule has 150 valence electrons. The van der Waals surface area contributed by atoms with E-state index in [1.807, 2.05) is 31.2 Å². The summed E-state index contributed by atoms with van der Waals surface area (Å²) in [6.45, 7) is 2.86. The molecule has 4 rings (SSSR count). The Bertz CT molecular complexity index is 1110. The van der Waals surface area contributed by atoms with Crippen LogP contribution in [0.25, 0.3) is 10.8 Å². The summed E-state index contributed by atoms with van der Waals surface area (Å²) in [5, 5.41) is 2.21. The Balaban J connectivity index is 1.93. The first-order valence-electron chi connectivity index (χ1n) is 9.30. The topological polar surface area (TPSA) is 68.5 Å². The summed E-state index contributed by atoms with van der Waals surface area (Å²) < 4.78 is 19.8. The van der Waals surface area contributed by atoms with Gasteiger partial charge in [-0.1, -0.05) is 29.8 Å². The lowest BCUT2D eigenvalue weighted by atomic mass is 9.87. The number of alkyl halides is 1. The molecule has 1 aromatic heterocycles. The maximum Gasteiger partial charge on any atom is 0.319 e. The number of ether oxygens (including phenoxy) is 1. The van der Waals surface area contributed by atoms with Crippen molar-refractivity contribution in [3.8, 4) is 5.75 Å². The second kappa shape index (κ2) is 7.19. The van der Waals surface area contributed by atoms with E-state index in [0.29, 0.717) is 16.5 Å². The molecule has 2 atom stereocenters. The van der Waals surface area contributed by atoms with Crippen LogP contribution in [0, 0.1) is 6.92 Å². The van der Waals surface area contributed by atoms with Crippen molar-refractivity contribution in [2.75, 3.05) is 11.6 Å². The molecule has 1 aliphatic rings. The second-order valence-electron chi connectivity index (χ2n) is 7.62. The van der Waals surface area contributed by atoms with E-state index in [1.54, 1.807) is 31.3 Å². The van der Waals surface area contributed by atoms with Crippen LogP contribution in [-0.2, 0) is 0 Å². The van der Waals surface area contributed by atoms with Gasteiger partial charge in [-0.3, -0.25) is 9.88 Å². The molecular weight excluding hydrogens is 393 g/mol. The predicted molar refractivity (Wildman–Crippen MR) is 112 cm³/mol. The first-order valence-corrected chi connectivity index (χ1v) is 9.67. The number of hydrogen-bond acceptors (Lipinski definition) is 3. The SMILES string of the molecule is Cc1cc2c(N(C(N)=O)[C@@H]3CC(C)(CF)Oc4cc(Cl)ccc43)cccc2cn1. The number of halogens is 2. The van der Waals surface area contributed by atoms with Gasteiger partial charge >= 0.3 is 6.03 Å². The molecule has 1 aliphatic heterocycles. The summed E-state index contributed by atoms with van der Waals surface area (Å²) in [6, 6.07) is 11.6. The van der Waals surface area contributed by atoms with Crippen LogP contribution in [0.5, 0.6) is 5.75 Å². The van der Waals surface area contributed by atoms with E-state index in [1.165, 1.54) is 4.90 Å². The van der Waals surface area contributed by atoms with Gasteiger partial charge in [-0.15, -0.1) is 0 Å². The van der Waals surface area contributed by atoms with Crippen molar-refractivity contribution < 1.29 is 13.9 Å². The molecule has 2 aromatic carbocycles. The maximum atomic E-state index is 13.9. The number of anilines is 1. The molecule has 2 amide bonds. The molecule has 0 radical (unpaired) electrons. The van der Waals surface area contributed by atoms with Crippen LogP contribution in [0.2, 0.25) is 5.02 Å². The van der Waals surface area contributed by atoms with Gasteiger partial charge in [-0.25, -0.2) is 9.18 Å². The largest absolute Gasteiger partial charge is 0.484 e. The van der Waals surface area contributed by atoms with Gasteiger partial charge in [-0.2, -0.15) is 0 Å². The highest BCUT2D eigenvalue weighted by Gasteiger charge is 2.42. The number of carbonyl (C=O) groups is 1. The average molecular weight is 414 g/mol. The van der Waals surface area contributed by atoms with Gasteiger partial charge < -0.3 is 10.5 Å². The Morgan fingerprint density at radius 2 is 2.17 bits per heavy atom. The minimum atomic E-state index is -1.10. The van der Waals surface area contributed by atoms with E-state index in [9.17, 15) is 9.18 Å². The number of amides is 2. The maximum absolute atomic E-state index is 13.9. The van der Waals surface area contributed by atoms with Crippen LogP contribution in [0.4, 0.5) is 14.9 Å². The number of carbonyl (C=O) groups excluding carboxylic acids is 1. The minimum absolute atomic E-state index is 0.252. The molecule has 0 spiro atoms. The number of urea groups is 1. The molecule has 7 heteroatoms. The molecule has 3 aromatic rings. The highest BCUT2D eigenvalue weighted by molar-refractivity contribution is 6.30. The Labute approximate surface area is 173 Å². The molecule has 0 saturated carbocycles. The third-order valence-corrected chi connectivity index (χ3v) is 5.52. The number of benzene rings is 2. The van der Waals surface area contributed by atoms with Gasteiger partial charge in [0.05, 0.1) is 11.7 Å². The fourth-order valence-corrected chi connectivity index (χ4v) is 4.08. The fourth-order valence-electron chi connectivity index (χ4n) is 3.92. The summed E-state index contributed by atoms with van der Waals surface area (Å²) in [6.07, 6.45) is 2.01. The van der Waals surface area contributed by atoms with Crippen molar-refractivity contribution in [1.82, 2.24) is 4.98 Å². The van der Waals surface area contributed by atoms with Crippen molar-refractivity contribution in [3.63, 3.8) is 0 Å². The first kappa shape index (κ1) is 19.5. The Morgan fingerprint density at radius 1 is 1.38 bits per heavy atom. The van der Waals surface area contributed by atoms with Crippen LogP contribution >= 0.6 is 11.6 Å². The molecule has 29 heavy (non-hydrogen) atoms. The Kier molecular flexibility index (Phi) is 4.82. The van der Waals surface area contributed by atoms with Crippen LogP contribution in [0.1, 0.15) is 30.6 Å². The summed E-state index contributed by atoms with van der Waals surface area (Å²) in [4.78, 5) is 18.5. The highest BCUT2D eigenvalue weighted by atomic mass is 35.5. The first-order chi connectivity index (χ1) is 13.8. The van der Waals surface area contributed by atoms with E-state index in [2.05, 4.69) is 4.98 Å². The van der Waals surface area contributed by atoms with Crippen molar-refractivity contribution in [1.29, 1.82) is 0 Å². The molecule has 2 N–H and O–H groups in total. The number of fused-ring (bicyclic) bond motifs is 2. The van der Waals surface area contributed by atoms with E-state index >= 15 is 0 Å². The molecular formula is C22H21ClFN3O2. The molecule has 0 saturated heterocycles. The number of primary amides is 1. The monoisotopic (exact) mass is 413 g/mol. The molecule has 0 fully saturated rings. The number of nitrogens with two attached hydrogens (primary N) is 1. The van der Waals surface area contributed by atoms with Crippen molar-refractivity contribution in [3.05, 3.63) is 64.9 Å². The number of aromatic nitrogens is 1. The van der Waals surface area contributed by atoms with Crippen molar-refractivity contribution in [2.24, 2.45) is 5.73 Å². The number of rotatable bonds is 3. The molecule has 5 nitrogen and oxygen atoms in total. The van der Waals surface area contributed by atoms with E-state index < -0.39 is 24.3 Å². The average Bonchev–Trinajstić information content (AvgIpc) is 2.67. The number of nitrogens with zero attached hydrogens (tertiary/aromatic N) is 2. The highest BCUT2D eigenvalue weighted by Crippen LogP contribution is 2.46. The van der Waals surface area contributed by atoms with Gasteiger partial charge in [0.25, 0.3) is 0 Å². The predicted octanol–water partition coefficient (Wildman–Crippen LogP) is 5.33. The summed E-state index contributed by atoms with van der Waals surface area (Å²) >= 11 is 6.13. The normalized spacial score (nSPS) is 20.8. The Hall–Kier alpha value is -2.86. The lowest BCUT2D eigenvalue weighted by molar-refractivity contribution is 0.0295. The molecule has 1 unspecified atom stereocenters. The lowest BCUT2D eigenvalue weighted by Crippen LogP contribution is -2.48. The third-order valence-electron chi connectivity index (χ3n) is 5.28. The van der Waals surface area contributed by atoms with Gasteiger partial charge in [-0.05, 0) is 38.1 Å². The number of pyridine rings is 1. The molecule has 2 heterocycles. The van der Waals surface area contributed by atoms with Crippen LogP contribution in [0.3, 0.4) is 0 Å². The standard InChI is InChI=1S/C22H21ClFN3O2/c1-13-8-17-14(11-26-13)4-3-5-18(17)27(21(25)28)19-10-22(2,12-24)29-20-9-15(23)6-7-16(19)20/h3-9,11,19H,10,12H2,1-2H3,(H2,25,28)/t19-,22?/m1/s1. The minimum Gasteiger partial charge on any atom is -0.484 e. The van der Waals surface area contributed by atoms with Gasteiger partial charge in [0.2, 0.25) is 0 Å². The van der Waals surface area contributed by atoms with Crippen LogP contribution < -0.4 is 15.4 Å². The summed E-state index contributed by atoms with van der Waals surface area (Å²) in [5.41, 5.74) is 6.96. The number of hydrogen-bond donors (Lipinski definition) is 1. The van der Waals surface area contributed by atoms with Gasteiger partial charge in [0.15, 0.2) is 0 Å². The van der Waals surface area contributed by atoms with E-state index in [-0.39, 0.29) is 6.42 Å². The third kappa shape index (κ3) is 3.49. The zero-order valence-electron chi connectivity index (χ0n) is 16.2. The summed E-state index contributed by atoms with van der Waals surface area (Å²) in [5.74, 6) is 0.457. The van der Waals surface area contributed by atoms with Gasteiger partial charge in [0.1, 0.15) is 18.0 Å². The summed E-state index contributed by atoms with van der Waals surface area (Å²) in [7, 11) is 0. The Morgan fingerprint density at radius 3 is 2.90 bits per heavy atom. The van der Waals surface area contributed by atoms with Gasteiger partial charge in [0, 0.05) is 39.7 Å². The number of aryl methyl sites for hydroxylation is 1. The molecule has 0 bridgehead atoms. The zero-order chi connectivity index (χ0) is 20.8. The fraction of sp³-hybridized carbons (Fsp3) is 0.273. The lowest BCUT2D eigenvalue weighted by Gasteiger charge is -2.42. The van der Waals surface area contributed by atoms with E-state index in [4.69, 9.17) is 22.1 Å². The van der Waals surface area contributed by atoms with Crippen molar-refractivity contribution in [2.45, 2.75) is 31.9 Å². The molecule has 0 aliphatic carbocycles. The van der Waals surface area contributed by atoms with Crippen LogP contribution in [0.15, 0.2) is 48.7 Å². The second-order valence-corrected chi connectivity index (χ2v) is 8.06. The quantitative estimate of drug-likeness (QED) is 0.630. The zero-order valence-corrected chi connectivity index (χ0v) is 16.9. The van der Waals surface area contributed by atoms with Crippen molar-refractivity contribution >= 4 is 34.1 Å². The smallest absolute Gasteiger partial charge is 0.319 e. The van der Waals surface area contributed by atoms with Crippen LogP contribution in [-0.4, -0.2) is 23.3 Å². The van der Waals surface area contributed by atoms with E-state index in [0.717, 1.165) is 22.0 Å².